The zero-order valence-corrected chi connectivity index (χ0v) is 16.2. The Kier molecular flexibility index (Phi) is 5.04. The molecule has 5 nitrogen and oxygen atoms in total. The van der Waals surface area contributed by atoms with E-state index in [2.05, 4.69) is 15.3 Å². The Hall–Kier alpha value is -3.25. The highest BCUT2D eigenvalue weighted by Crippen LogP contribution is 2.22. The van der Waals surface area contributed by atoms with Crippen molar-refractivity contribution in [2.75, 3.05) is 6.54 Å². The number of pyridine rings is 1. The molecule has 0 unspecified atom stereocenters. The fourth-order valence-corrected chi connectivity index (χ4v) is 3.85. The SMILES string of the molecule is Cc1csc(CCNC(=O)c2ccc(-c3ccc4ccccc4c3)[nH]c2=O)n1. The summed E-state index contributed by atoms with van der Waals surface area (Å²) in [4.78, 5) is 32.0. The van der Waals surface area contributed by atoms with Gasteiger partial charge in [0.1, 0.15) is 5.56 Å². The molecule has 0 aliphatic carbocycles. The van der Waals surface area contributed by atoms with Crippen LogP contribution in [0.2, 0.25) is 0 Å². The molecule has 0 fully saturated rings. The van der Waals surface area contributed by atoms with Crippen molar-refractivity contribution < 1.29 is 4.79 Å². The van der Waals surface area contributed by atoms with E-state index in [1.54, 1.807) is 23.5 Å². The molecule has 0 aliphatic heterocycles. The summed E-state index contributed by atoms with van der Waals surface area (Å²) in [7, 11) is 0. The summed E-state index contributed by atoms with van der Waals surface area (Å²) in [6, 6.07) is 17.4. The van der Waals surface area contributed by atoms with E-state index in [4.69, 9.17) is 0 Å². The molecule has 4 rings (SSSR count). The number of carbonyl (C=O) groups excluding carboxylic acids is 1. The lowest BCUT2D eigenvalue weighted by Crippen LogP contribution is -2.31. The first-order valence-electron chi connectivity index (χ1n) is 9.02. The van der Waals surface area contributed by atoms with Crippen LogP contribution in [0.1, 0.15) is 21.1 Å². The van der Waals surface area contributed by atoms with Crippen molar-refractivity contribution in [3.63, 3.8) is 0 Å². The van der Waals surface area contributed by atoms with Crippen molar-refractivity contribution in [1.82, 2.24) is 15.3 Å². The fourth-order valence-electron chi connectivity index (χ4n) is 3.07. The maximum absolute atomic E-state index is 12.4. The lowest BCUT2D eigenvalue weighted by Gasteiger charge is -2.07. The Morgan fingerprint density at radius 1 is 1.11 bits per heavy atom. The van der Waals surface area contributed by atoms with E-state index in [0.29, 0.717) is 18.7 Å². The van der Waals surface area contributed by atoms with Crippen LogP contribution in [0.3, 0.4) is 0 Å². The Morgan fingerprint density at radius 2 is 1.93 bits per heavy atom. The highest BCUT2D eigenvalue weighted by atomic mass is 32.1. The van der Waals surface area contributed by atoms with Crippen molar-refractivity contribution in [2.24, 2.45) is 0 Å². The first-order valence-corrected chi connectivity index (χ1v) is 9.90. The molecule has 4 aromatic rings. The van der Waals surface area contributed by atoms with Gasteiger partial charge >= 0.3 is 0 Å². The molecular formula is C22H19N3O2S. The van der Waals surface area contributed by atoms with Gasteiger partial charge in [-0.2, -0.15) is 0 Å². The van der Waals surface area contributed by atoms with Gasteiger partial charge < -0.3 is 10.3 Å². The highest BCUT2D eigenvalue weighted by molar-refractivity contribution is 7.09. The molecule has 0 saturated heterocycles. The van der Waals surface area contributed by atoms with Crippen LogP contribution in [0.5, 0.6) is 0 Å². The number of hydrogen-bond donors (Lipinski definition) is 2. The second-order valence-corrected chi connectivity index (χ2v) is 7.51. The number of rotatable bonds is 5. The van der Waals surface area contributed by atoms with E-state index in [0.717, 1.165) is 27.0 Å². The zero-order chi connectivity index (χ0) is 19.5. The average molecular weight is 389 g/mol. The van der Waals surface area contributed by atoms with Crippen molar-refractivity contribution in [3.8, 4) is 11.3 Å². The number of H-pyrrole nitrogens is 1. The van der Waals surface area contributed by atoms with Crippen LogP contribution in [-0.2, 0) is 6.42 Å². The van der Waals surface area contributed by atoms with E-state index in [-0.39, 0.29) is 11.5 Å². The van der Waals surface area contributed by atoms with Gasteiger partial charge in [-0.05, 0) is 41.5 Å². The molecule has 0 radical (unpaired) electrons. The summed E-state index contributed by atoms with van der Waals surface area (Å²) in [5.41, 5.74) is 2.28. The molecule has 2 N–H and O–H groups in total. The first-order chi connectivity index (χ1) is 13.6. The quantitative estimate of drug-likeness (QED) is 0.543. The monoisotopic (exact) mass is 389 g/mol. The second-order valence-electron chi connectivity index (χ2n) is 6.57. The number of aromatic nitrogens is 2. The smallest absolute Gasteiger partial charge is 0.261 e. The minimum Gasteiger partial charge on any atom is -0.351 e. The number of nitrogens with zero attached hydrogens (tertiary/aromatic N) is 1. The number of benzene rings is 2. The molecule has 0 saturated carbocycles. The molecule has 0 aliphatic rings. The molecule has 0 spiro atoms. The lowest BCUT2D eigenvalue weighted by atomic mass is 10.0. The normalized spacial score (nSPS) is 10.9. The van der Waals surface area contributed by atoms with Crippen molar-refractivity contribution in [1.29, 1.82) is 0 Å². The minimum atomic E-state index is -0.395. The molecule has 2 heterocycles. The van der Waals surface area contributed by atoms with E-state index < -0.39 is 5.56 Å². The predicted octanol–water partition coefficient (Wildman–Crippen LogP) is 3.93. The first kappa shape index (κ1) is 18.1. The van der Waals surface area contributed by atoms with Gasteiger partial charge in [0.05, 0.1) is 5.01 Å². The molecule has 0 atom stereocenters. The average Bonchev–Trinajstić information content (AvgIpc) is 3.12. The van der Waals surface area contributed by atoms with Crippen LogP contribution in [0.25, 0.3) is 22.0 Å². The van der Waals surface area contributed by atoms with Crippen LogP contribution in [0.4, 0.5) is 0 Å². The molecule has 140 valence electrons. The second kappa shape index (κ2) is 7.78. The number of hydrogen-bond acceptors (Lipinski definition) is 4. The third-order valence-corrected chi connectivity index (χ3v) is 5.53. The Balaban J connectivity index is 1.48. The van der Waals surface area contributed by atoms with Gasteiger partial charge in [-0.1, -0.05) is 36.4 Å². The fraction of sp³-hybridized carbons (Fsp3) is 0.136. The van der Waals surface area contributed by atoms with Crippen LogP contribution >= 0.6 is 11.3 Å². The van der Waals surface area contributed by atoms with Crippen LogP contribution < -0.4 is 10.9 Å². The van der Waals surface area contributed by atoms with Gasteiger partial charge in [0.2, 0.25) is 0 Å². The molecule has 0 bridgehead atoms. The van der Waals surface area contributed by atoms with E-state index in [1.165, 1.54) is 0 Å². The van der Waals surface area contributed by atoms with E-state index >= 15 is 0 Å². The summed E-state index contributed by atoms with van der Waals surface area (Å²) in [6.07, 6.45) is 0.650. The van der Waals surface area contributed by atoms with Crippen molar-refractivity contribution in [3.05, 3.63) is 86.6 Å². The zero-order valence-electron chi connectivity index (χ0n) is 15.4. The molecule has 1 amide bonds. The van der Waals surface area contributed by atoms with Crippen LogP contribution in [-0.4, -0.2) is 22.4 Å². The predicted molar refractivity (Wildman–Crippen MR) is 113 cm³/mol. The van der Waals surface area contributed by atoms with Crippen LogP contribution in [0.15, 0.2) is 64.8 Å². The standard InChI is InChI=1S/C22H19N3O2S/c1-14-13-28-20(24-14)10-11-23-21(26)18-8-9-19(25-22(18)27)17-7-6-15-4-2-3-5-16(15)12-17/h2-9,12-13H,10-11H2,1H3,(H,23,26)(H,25,27). The third kappa shape index (κ3) is 3.87. The highest BCUT2D eigenvalue weighted by Gasteiger charge is 2.11. The maximum atomic E-state index is 12.4. The van der Waals surface area contributed by atoms with Crippen LogP contribution in [0, 0.1) is 6.92 Å². The number of aromatic amines is 1. The largest absolute Gasteiger partial charge is 0.351 e. The number of thiazole rings is 1. The molecule has 6 heteroatoms. The topological polar surface area (TPSA) is 74.8 Å². The summed E-state index contributed by atoms with van der Waals surface area (Å²) in [5.74, 6) is -0.375. The van der Waals surface area contributed by atoms with Gasteiger partial charge in [-0.3, -0.25) is 9.59 Å². The summed E-state index contributed by atoms with van der Waals surface area (Å²) >= 11 is 1.57. The molecular weight excluding hydrogens is 370 g/mol. The summed E-state index contributed by atoms with van der Waals surface area (Å²) < 4.78 is 0. The Bertz CT molecular complexity index is 1210. The summed E-state index contributed by atoms with van der Waals surface area (Å²) in [6.45, 7) is 2.38. The number of aryl methyl sites for hydroxylation is 1. The maximum Gasteiger partial charge on any atom is 0.261 e. The molecule has 2 aromatic heterocycles. The van der Waals surface area contributed by atoms with Gasteiger partial charge in [-0.15, -0.1) is 11.3 Å². The van der Waals surface area contributed by atoms with Gasteiger partial charge in [0, 0.05) is 29.7 Å². The minimum absolute atomic E-state index is 0.111. The number of nitrogens with one attached hydrogen (secondary N) is 2. The third-order valence-electron chi connectivity index (χ3n) is 4.51. The Morgan fingerprint density at radius 3 is 2.68 bits per heavy atom. The number of carbonyl (C=O) groups is 1. The van der Waals surface area contributed by atoms with Gasteiger partial charge in [0.25, 0.3) is 11.5 Å². The van der Waals surface area contributed by atoms with Crippen molar-refractivity contribution >= 4 is 28.0 Å². The van der Waals surface area contributed by atoms with Gasteiger partial charge in [-0.25, -0.2) is 4.98 Å². The summed E-state index contributed by atoms with van der Waals surface area (Å²) in [5, 5.41) is 7.98. The van der Waals surface area contributed by atoms with Gasteiger partial charge in [0.15, 0.2) is 0 Å². The number of fused-ring (bicyclic) bond motifs is 1. The number of amides is 1. The Labute approximate surface area is 166 Å². The lowest BCUT2D eigenvalue weighted by molar-refractivity contribution is 0.0952. The molecule has 28 heavy (non-hydrogen) atoms. The molecule has 2 aromatic carbocycles. The van der Waals surface area contributed by atoms with E-state index in [9.17, 15) is 9.59 Å². The van der Waals surface area contributed by atoms with E-state index in [1.807, 2.05) is 54.8 Å². The van der Waals surface area contributed by atoms with Crippen molar-refractivity contribution in [2.45, 2.75) is 13.3 Å².